The van der Waals surface area contributed by atoms with E-state index in [1.807, 2.05) is 6.92 Å². The van der Waals surface area contributed by atoms with Crippen molar-refractivity contribution in [2.45, 2.75) is 26.7 Å². The highest BCUT2D eigenvalue weighted by Gasteiger charge is 2.12. The molecule has 1 aromatic rings. The Morgan fingerprint density at radius 1 is 1.42 bits per heavy atom. The molecular weight excluding hydrogens is 270 g/mol. The van der Waals surface area contributed by atoms with E-state index >= 15 is 0 Å². The van der Waals surface area contributed by atoms with E-state index in [1.165, 1.54) is 6.07 Å². The summed E-state index contributed by atoms with van der Waals surface area (Å²) in [6, 6.07) is 1.46. The number of anilines is 1. The van der Waals surface area contributed by atoms with Gasteiger partial charge < -0.3 is 4.74 Å². The third-order valence-corrected chi connectivity index (χ3v) is 2.71. The molecule has 0 fully saturated rings. The SMILES string of the molecule is CCCCONC(=O)c1cc(NC(=O)OCC)sn1. The maximum absolute atomic E-state index is 11.6. The van der Waals surface area contributed by atoms with Crippen molar-refractivity contribution in [3.8, 4) is 0 Å². The Balaban J connectivity index is 2.40. The fourth-order valence-electron chi connectivity index (χ4n) is 1.09. The van der Waals surface area contributed by atoms with Gasteiger partial charge in [-0.3, -0.25) is 14.9 Å². The Morgan fingerprint density at radius 3 is 2.89 bits per heavy atom. The number of rotatable bonds is 7. The summed E-state index contributed by atoms with van der Waals surface area (Å²) >= 11 is 0.997. The predicted octanol–water partition coefficient (Wildman–Crippen LogP) is 2.17. The third-order valence-electron chi connectivity index (χ3n) is 2.01. The summed E-state index contributed by atoms with van der Waals surface area (Å²) in [6.45, 7) is 4.47. The average Bonchev–Trinajstić information content (AvgIpc) is 2.83. The van der Waals surface area contributed by atoms with Gasteiger partial charge in [-0.2, -0.15) is 4.37 Å². The van der Waals surface area contributed by atoms with E-state index in [-0.39, 0.29) is 12.3 Å². The zero-order chi connectivity index (χ0) is 14.1. The number of aromatic nitrogens is 1. The van der Waals surface area contributed by atoms with Crippen LogP contribution >= 0.6 is 11.5 Å². The molecule has 0 saturated heterocycles. The van der Waals surface area contributed by atoms with Gasteiger partial charge in [0.25, 0.3) is 5.91 Å². The van der Waals surface area contributed by atoms with E-state index in [0.717, 1.165) is 24.4 Å². The molecule has 1 aromatic heterocycles. The van der Waals surface area contributed by atoms with Gasteiger partial charge in [0.2, 0.25) is 0 Å². The quantitative estimate of drug-likeness (QED) is 0.592. The van der Waals surface area contributed by atoms with Crippen molar-refractivity contribution >= 4 is 28.5 Å². The number of nitrogens with one attached hydrogen (secondary N) is 2. The number of nitrogens with zero attached hydrogens (tertiary/aromatic N) is 1. The van der Waals surface area contributed by atoms with E-state index in [1.54, 1.807) is 6.92 Å². The number of hydrogen-bond acceptors (Lipinski definition) is 6. The van der Waals surface area contributed by atoms with Crippen molar-refractivity contribution in [3.05, 3.63) is 11.8 Å². The molecule has 0 bridgehead atoms. The number of carbonyl (C=O) groups excluding carboxylic acids is 2. The van der Waals surface area contributed by atoms with Crippen LogP contribution in [0, 0.1) is 0 Å². The molecule has 0 spiro atoms. The molecular formula is C11H17N3O4S. The lowest BCUT2D eigenvalue weighted by Crippen LogP contribution is -2.24. The van der Waals surface area contributed by atoms with Crippen molar-refractivity contribution in [2.24, 2.45) is 0 Å². The normalized spacial score (nSPS) is 10.0. The summed E-state index contributed by atoms with van der Waals surface area (Å²) in [5.41, 5.74) is 2.48. The van der Waals surface area contributed by atoms with Crippen LogP contribution in [0.5, 0.6) is 0 Å². The molecule has 1 rings (SSSR count). The molecule has 0 saturated carbocycles. The van der Waals surface area contributed by atoms with Crippen LogP contribution in [0.1, 0.15) is 37.2 Å². The molecule has 2 amide bonds. The highest BCUT2D eigenvalue weighted by atomic mass is 32.1. The first-order valence-corrected chi connectivity index (χ1v) is 6.77. The van der Waals surface area contributed by atoms with Crippen LogP contribution in [0.4, 0.5) is 9.80 Å². The smallest absolute Gasteiger partial charge is 0.412 e. The highest BCUT2D eigenvalue weighted by Crippen LogP contribution is 2.16. The summed E-state index contributed by atoms with van der Waals surface area (Å²) in [5.74, 6) is -0.440. The molecule has 7 nitrogen and oxygen atoms in total. The van der Waals surface area contributed by atoms with E-state index < -0.39 is 12.0 Å². The van der Waals surface area contributed by atoms with Crippen LogP contribution in [0.25, 0.3) is 0 Å². The molecule has 0 radical (unpaired) electrons. The van der Waals surface area contributed by atoms with Crippen LogP contribution in [-0.2, 0) is 9.57 Å². The van der Waals surface area contributed by atoms with E-state index in [0.29, 0.717) is 11.6 Å². The van der Waals surface area contributed by atoms with Crippen LogP contribution in [0.3, 0.4) is 0 Å². The van der Waals surface area contributed by atoms with Crippen LogP contribution in [0.2, 0.25) is 0 Å². The average molecular weight is 287 g/mol. The maximum atomic E-state index is 11.6. The molecule has 19 heavy (non-hydrogen) atoms. The van der Waals surface area contributed by atoms with Crippen molar-refractivity contribution in [3.63, 3.8) is 0 Å². The second-order valence-electron chi connectivity index (χ2n) is 3.56. The molecule has 106 valence electrons. The van der Waals surface area contributed by atoms with Gasteiger partial charge in [-0.15, -0.1) is 0 Å². The molecule has 1 heterocycles. The third kappa shape index (κ3) is 5.66. The lowest BCUT2D eigenvalue weighted by molar-refractivity contribution is 0.0298. The molecule has 0 unspecified atom stereocenters. The Labute approximate surface area is 115 Å². The van der Waals surface area contributed by atoms with Crippen LogP contribution < -0.4 is 10.8 Å². The fraction of sp³-hybridized carbons (Fsp3) is 0.545. The first-order chi connectivity index (χ1) is 9.17. The second kappa shape index (κ2) is 8.44. The van der Waals surface area contributed by atoms with E-state index in [2.05, 4.69) is 15.2 Å². The topological polar surface area (TPSA) is 89.6 Å². The molecule has 0 aromatic carbocycles. The van der Waals surface area contributed by atoms with Gasteiger partial charge in [-0.05, 0) is 24.9 Å². The van der Waals surface area contributed by atoms with Gasteiger partial charge in [0.1, 0.15) is 10.7 Å². The van der Waals surface area contributed by atoms with E-state index in [4.69, 9.17) is 9.57 Å². The fourth-order valence-corrected chi connectivity index (χ4v) is 1.72. The van der Waals surface area contributed by atoms with Crippen molar-refractivity contribution in [1.29, 1.82) is 0 Å². The number of carbonyl (C=O) groups is 2. The number of unbranched alkanes of at least 4 members (excludes halogenated alkanes) is 1. The first-order valence-electron chi connectivity index (χ1n) is 6.00. The molecule has 0 aliphatic heterocycles. The van der Waals surface area contributed by atoms with Crippen LogP contribution in [-0.4, -0.2) is 29.6 Å². The lowest BCUT2D eigenvalue weighted by atomic mass is 10.4. The number of ether oxygens (including phenoxy) is 1. The number of hydroxylamine groups is 1. The van der Waals surface area contributed by atoms with E-state index in [9.17, 15) is 9.59 Å². The van der Waals surface area contributed by atoms with Crippen molar-refractivity contribution < 1.29 is 19.2 Å². The largest absolute Gasteiger partial charge is 0.450 e. The Bertz CT molecular complexity index is 422. The number of hydrogen-bond donors (Lipinski definition) is 2. The number of amides is 2. The van der Waals surface area contributed by atoms with Gasteiger partial charge in [-0.1, -0.05) is 13.3 Å². The zero-order valence-corrected chi connectivity index (χ0v) is 11.7. The van der Waals surface area contributed by atoms with Gasteiger partial charge in [0.15, 0.2) is 0 Å². The first kappa shape index (κ1) is 15.4. The van der Waals surface area contributed by atoms with Crippen molar-refractivity contribution in [2.75, 3.05) is 18.5 Å². The Kier molecular flexibility index (Phi) is 6.83. The van der Waals surface area contributed by atoms with Gasteiger partial charge in [-0.25, -0.2) is 10.3 Å². The Morgan fingerprint density at radius 2 is 2.21 bits per heavy atom. The molecule has 0 atom stereocenters. The summed E-state index contributed by atoms with van der Waals surface area (Å²) in [4.78, 5) is 27.7. The van der Waals surface area contributed by atoms with Gasteiger partial charge in [0, 0.05) is 6.07 Å². The monoisotopic (exact) mass is 287 g/mol. The van der Waals surface area contributed by atoms with Crippen LogP contribution in [0.15, 0.2) is 6.07 Å². The molecule has 0 aliphatic carbocycles. The predicted molar refractivity (Wildman–Crippen MR) is 71.1 cm³/mol. The second-order valence-corrected chi connectivity index (χ2v) is 4.36. The summed E-state index contributed by atoms with van der Waals surface area (Å²) in [6.07, 6.45) is 1.28. The molecule has 0 aliphatic rings. The molecule has 8 heteroatoms. The maximum Gasteiger partial charge on any atom is 0.412 e. The standard InChI is InChI=1S/C11H17N3O4S/c1-3-5-6-18-13-10(15)8-7-9(19-14-8)12-11(16)17-4-2/h7H,3-6H2,1-2H3,(H,12,16)(H,13,15). The highest BCUT2D eigenvalue weighted by molar-refractivity contribution is 7.10. The van der Waals surface area contributed by atoms with Crippen molar-refractivity contribution in [1.82, 2.24) is 9.85 Å². The summed E-state index contributed by atoms with van der Waals surface area (Å²) < 4.78 is 8.62. The minimum atomic E-state index is -0.572. The zero-order valence-electron chi connectivity index (χ0n) is 10.9. The lowest BCUT2D eigenvalue weighted by Gasteiger charge is -2.02. The summed E-state index contributed by atoms with van der Waals surface area (Å²) in [7, 11) is 0. The Hall–Kier alpha value is -1.67. The summed E-state index contributed by atoms with van der Waals surface area (Å²) in [5, 5.41) is 2.91. The molecule has 2 N–H and O–H groups in total. The van der Waals surface area contributed by atoms with Gasteiger partial charge in [0.05, 0.1) is 13.2 Å². The minimum absolute atomic E-state index is 0.188. The minimum Gasteiger partial charge on any atom is -0.450 e. The van der Waals surface area contributed by atoms with Gasteiger partial charge >= 0.3 is 6.09 Å².